The van der Waals surface area contributed by atoms with Crippen LogP contribution in [0.4, 0.5) is 4.39 Å². The maximum absolute atomic E-state index is 13.1. The first-order chi connectivity index (χ1) is 9.76. The Bertz CT molecular complexity index is 629. The number of nitrogens with zero attached hydrogens (tertiary/aromatic N) is 2. The molecule has 0 fully saturated rings. The molecule has 5 heteroatoms. The van der Waals surface area contributed by atoms with E-state index in [2.05, 4.69) is 54.0 Å². The van der Waals surface area contributed by atoms with Crippen LogP contribution in [0.1, 0.15) is 37.6 Å². The third kappa shape index (κ3) is 4.38. The smallest absolute Gasteiger partial charge is 0.124 e. The molecule has 0 aliphatic rings. The molecule has 0 bridgehead atoms. The SMILES string of the molecule is Cc1c(CNC(C)(C)C)cnn1Cc1ccc(F)cc1Br. The fraction of sp³-hybridized carbons (Fsp3) is 0.438. The van der Waals surface area contributed by atoms with Crippen molar-refractivity contribution < 1.29 is 4.39 Å². The van der Waals surface area contributed by atoms with Gasteiger partial charge in [0.05, 0.1) is 12.7 Å². The molecule has 1 heterocycles. The van der Waals surface area contributed by atoms with Gasteiger partial charge in [-0.05, 0) is 45.4 Å². The van der Waals surface area contributed by atoms with Crippen LogP contribution in [-0.2, 0) is 13.1 Å². The van der Waals surface area contributed by atoms with Gasteiger partial charge < -0.3 is 5.32 Å². The summed E-state index contributed by atoms with van der Waals surface area (Å²) in [7, 11) is 0. The Morgan fingerprint density at radius 3 is 2.62 bits per heavy atom. The van der Waals surface area contributed by atoms with Crippen molar-refractivity contribution in [1.82, 2.24) is 15.1 Å². The molecule has 0 aliphatic heterocycles. The summed E-state index contributed by atoms with van der Waals surface area (Å²) in [6.45, 7) is 9.90. The van der Waals surface area contributed by atoms with Crippen molar-refractivity contribution in [3.8, 4) is 0 Å². The van der Waals surface area contributed by atoms with Gasteiger partial charge in [-0.25, -0.2) is 4.39 Å². The Morgan fingerprint density at radius 1 is 1.29 bits per heavy atom. The summed E-state index contributed by atoms with van der Waals surface area (Å²) >= 11 is 3.40. The van der Waals surface area contributed by atoms with Crippen molar-refractivity contribution in [2.75, 3.05) is 0 Å². The van der Waals surface area contributed by atoms with Gasteiger partial charge in [0.25, 0.3) is 0 Å². The Balaban J connectivity index is 2.13. The van der Waals surface area contributed by atoms with Crippen molar-refractivity contribution in [2.24, 2.45) is 0 Å². The van der Waals surface area contributed by atoms with Crippen LogP contribution in [0.3, 0.4) is 0 Å². The van der Waals surface area contributed by atoms with E-state index in [1.165, 1.54) is 17.7 Å². The summed E-state index contributed by atoms with van der Waals surface area (Å²) in [5.41, 5.74) is 3.40. The molecule has 0 saturated carbocycles. The number of aromatic nitrogens is 2. The van der Waals surface area contributed by atoms with Crippen LogP contribution in [-0.4, -0.2) is 15.3 Å². The van der Waals surface area contributed by atoms with E-state index in [1.54, 1.807) is 6.07 Å². The molecule has 0 spiro atoms. The highest BCUT2D eigenvalue weighted by Gasteiger charge is 2.12. The summed E-state index contributed by atoms with van der Waals surface area (Å²) in [5, 5.41) is 7.90. The number of benzene rings is 1. The Hall–Kier alpha value is -1.20. The molecule has 114 valence electrons. The molecule has 0 unspecified atom stereocenters. The number of halogens is 2. The van der Waals surface area contributed by atoms with Gasteiger partial charge in [0, 0.05) is 27.8 Å². The molecule has 21 heavy (non-hydrogen) atoms. The van der Waals surface area contributed by atoms with E-state index in [9.17, 15) is 4.39 Å². The lowest BCUT2D eigenvalue weighted by Gasteiger charge is -2.20. The van der Waals surface area contributed by atoms with Crippen LogP contribution in [0.2, 0.25) is 0 Å². The summed E-state index contributed by atoms with van der Waals surface area (Å²) in [5.74, 6) is -0.238. The number of hydrogen-bond donors (Lipinski definition) is 1. The van der Waals surface area contributed by atoms with Crippen LogP contribution in [0, 0.1) is 12.7 Å². The molecule has 0 aliphatic carbocycles. The lowest BCUT2D eigenvalue weighted by atomic mass is 10.1. The predicted molar refractivity (Wildman–Crippen MR) is 86.8 cm³/mol. The zero-order chi connectivity index (χ0) is 15.6. The maximum Gasteiger partial charge on any atom is 0.124 e. The first kappa shape index (κ1) is 16.2. The van der Waals surface area contributed by atoms with E-state index in [-0.39, 0.29) is 11.4 Å². The molecule has 2 rings (SSSR count). The largest absolute Gasteiger partial charge is 0.308 e. The minimum absolute atomic E-state index is 0.0779. The van der Waals surface area contributed by atoms with Crippen LogP contribution in [0.25, 0.3) is 0 Å². The second kappa shape index (κ2) is 6.28. The molecule has 0 atom stereocenters. The van der Waals surface area contributed by atoms with Crippen molar-refractivity contribution in [1.29, 1.82) is 0 Å². The van der Waals surface area contributed by atoms with Crippen LogP contribution >= 0.6 is 15.9 Å². The Labute approximate surface area is 133 Å². The van der Waals surface area contributed by atoms with Crippen molar-refractivity contribution in [2.45, 2.75) is 46.3 Å². The van der Waals surface area contributed by atoms with Crippen LogP contribution < -0.4 is 5.32 Å². The van der Waals surface area contributed by atoms with Gasteiger partial charge in [-0.15, -0.1) is 0 Å². The maximum atomic E-state index is 13.1. The number of hydrogen-bond acceptors (Lipinski definition) is 2. The second-order valence-electron chi connectivity index (χ2n) is 6.25. The van der Waals surface area contributed by atoms with Gasteiger partial charge in [-0.1, -0.05) is 22.0 Å². The monoisotopic (exact) mass is 353 g/mol. The Morgan fingerprint density at radius 2 is 2.00 bits per heavy atom. The molecule has 1 aromatic carbocycles. The van der Waals surface area contributed by atoms with Crippen molar-refractivity contribution in [3.63, 3.8) is 0 Å². The minimum atomic E-state index is -0.238. The first-order valence-electron chi connectivity index (χ1n) is 6.96. The average Bonchev–Trinajstić information content (AvgIpc) is 2.71. The van der Waals surface area contributed by atoms with Crippen molar-refractivity contribution >= 4 is 15.9 Å². The summed E-state index contributed by atoms with van der Waals surface area (Å²) in [4.78, 5) is 0. The Kier molecular flexibility index (Phi) is 4.84. The molecule has 0 amide bonds. The third-order valence-corrected chi connectivity index (χ3v) is 4.09. The van der Waals surface area contributed by atoms with Gasteiger partial charge in [0.2, 0.25) is 0 Å². The van der Waals surface area contributed by atoms with E-state index < -0.39 is 0 Å². The second-order valence-corrected chi connectivity index (χ2v) is 7.11. The molecule has 2 aromatic rings. The normalized spacial score (nSPS) is 11.9. The van der Waals surface area contributed by atoms with Gasteiger partial charge in [0.1, 0.15) is 5.82 Å². The quantitative estimate of drug-likeness (QED) is 0.899. The standard InChI is InChI=1S/C16H21BrFN3/c1-11-13(8-19-16(2,3)4)9-20-21(11)10-12-5-6-14(18)7-15(12)17/h5-7,9,19H,8,10H2,1-4H3. The number of rotatable bonds is 4. The van der Waals surface area contributed by atoms with Crippen molar-refractivity contribution in [3.05, 3.63) is 51.5 Å². The highest BCUT2D eigenvalue weighted by atomic mass is 79.9. The van der Waals surface area contributed by atoms with Crippen LogP contribution in [0.15, 0.2) is 28.9 Å². The first-order valence-corrected chi connectivity index (χ1v) is 7.76. The number of nitrogens with one attached hydrogen (secondary N) is 1. The minimum Gasteiger partial charge on any atom is -0.308 e. The summed E-state index contributed by atoms with van der Waals surface area (Å²) < 4.78 is 15.8. The summed E-state index contributed by atoms with van der Waals surface area (Å²) in [6, 6.07) is 4.74. The van der Waals surface area contributed by atoms with Gasteiger partial charge in [0.15, 0.2) is 0 Å². The zero-order valence-corrected chi connectivity index (χ0v) is 14.5. The fourth-order valence-electron chi connectivity index (χ4n) is 1.99. The molecular weight excluding hydrogens is 333 g/mol. The zero-order valence-electron chi connectivity index (χ0n) is 12.9. The van der Waals surface area contributed by atoms with E-state index in [0.717, 1.165) is 22.3 Å². The molecule has 1 N–H and O–H groups in total. The van der Waals surface area contributed by atoms with Gasteiger partial charge >= 0.3 is 0 Å². The summed E-state index contributed by atoms with van der Waals surface area (Å²) in [6.07, 6.45) is 1.89. The molecule has 0 radical (unpaired) electrons. The lowest BCUT2D eigenvalue weighted by molar-refractivity contribution is 0.423. The molecule has 3 nitrogen and oxygen atoms in total. The fourth-order valence-corrected chi connectivity index (χ4v) is 2.47. The van der Waals surface area contributed by atoms with Crippen LogP contribution in [0.5, 0.6) is 0 Å². The highest BCUT2D eigenvalue weighted by Crippen LogP contribution is 2.20. The highest BCUT2D eigenvalue weighted by molar-refractivity contribution is 9.10. The molecular formula is C16H21BrFN3. The molecule has 1 aromatic heterocycles. The van der Waals surface area contributed by atoms with Gasteiger partial charge in [-0.2, -0.15) is 5.10 Å². The van der Waals surface area contributed by atoms with E-state index in [4.69, 9.17) is 0 Å². The third-order valence-electron chi connectivity index (χ3n) is 3.35. The van der Waals surface area contributed by atoms with Gasteiger partial charge in [-0.3, -0.25) is 4.68 Å². The predicted octanol–water partition coefficient (Wildman–Crippen LogP) is 4.03. The topological polar surface area (TPSA) is 29.9 Å². The van der Waals surface area contributed by atoms with E-state index in [1.807, 2.05) is 10.9 Å². The lowest BCUT2D eigenvalue weighted by Crippen LogP contribution is -2.35. The average molecular weight is 354 g/mol. The molecule has 0 saturated heterocycles. The van der Waals surface area contributed by atoms with E-state index >= 15 is 0 Å². The van der Waals surface area contributed by atoms with E-state index in [0.29, 0.717) is 6.54 Å².